The average Bonchev–Trinajstić information content (AvgIpc) is 2.85. The van der Waals surface area contributed by atoms with E-state index in [0.29, 0.717) is 17.3 Å². The standard InChI is InChI=1S/C17H15Br2N5O/c1-9-15(24-16(20)21-9)10-3-2-4-13(5-10)22-17(25)23-14-7-11(18)6-12(19)8-14/h2-8H,1H3,(H3,20,21,24)(H2,22,23,25). The first-order valence-electron chi connectivity index (χ1n) is 7.37. The van der Waals surface area contributed by atoms with Gasteiger partial charge in [0.1, 0.15) is 0 Å². The second-order valence-electron chi connectivity index (χ2n) is 5.40. The van der Waals surface area contributed by atoms with Gasteiger partial charge in [-0.15, -0.1) is 0 Å². The van der Waals surface area contributed by atoms with Crippen molar-refractivity contribution in [2.24, 2.45) is 0 Å². The quantitative estimate of drug-likeness (QED) is 0.432. The Bertz CT molecular complexity index is 918. The highest BCUT2D eigenvalue weighted by atomic mass is 79.9. The van der Waals surface area contributed by atoms with E-state index in [1.54, 1.807) is 0 Å². The molecule has 0 radical (unpaired) electrons. The molecule has 0 aliphatic heterocycles. The Morgan fingerprint density at radius 3 is 2.40 bits per heavy atom. The van der Waals surface area contributed by atoms with E-state index in [1.165, 1.54) is 0 Å². The third-order valence-corrected chi connectivity index (χ3v) is 4.35. The first-order chi connectivity index (χ1) is 11.9. The Balaban J connectivity index is 1.75. The molecule has 0 fully saturated rings. The Morgan fingerprint density at radius 1 is 1.08 bits per heavy atom. The van der Waals surface area contributed by atoms with Gasteiger partial charge >= 0.3 is 6.03 Å². The van der Waals surface area contributed by atoms with E-state index >= 15 is 0 Å². The highest BCUT2D eigenvalue weighted by Crippen LogP contribution is 2.26. The third-order valence-electron chi connectivity index (χ3n) is 3.43. The van der Waals surface area contributed by atoms with Gasteiger partial charge in [0, 0.05) is 25.9 Å². The Hall–Kier alpha value is -2.32. The molecule has 0 aliphatic rings. The lowest BCUT2D eigenvalue weighted by atomic mass is 10.1. The molecular formula is C17H15Br2N5O. The number of nitrogens with zero attached hydrogens (tertiary/aromatic N) is 1. The number of H-pyrrole nitrogens is 1. The van der Waals surface area contributed by atoms with Gasteiger partial charge < -0.3 is 21.4 Å². The second kappa shape index (κ2) is 7.28. The molecule has 0 saturated carbocycles. The van der Waals surface area contributed by atoms with Crippen LogP contribution in [0.4, 0.5) is 22.1 Å². The molecule has 0 spiro atoms. The molecule has 2 amide bonds. The Labute approximate surface area is 161 Å². The molecule has 25 heavy (non-hydrogen) atoms. The largest absolute Gasteiger partial charge is 0.369 e. The number of hydrogen-bond acceptors (Lipinski definition) is 3. The van der Waals surface area contributed by atoms with Crippen molar-refractivity contribution in [1.29, 1.82) is 0 Å². The number of nitrogens with two attached hydrogens (primary N) is 1. The van der Waals surface area contributed by atoms with Crippen LogP contribution in [0.15, 0.2) is 51.4 Å². The van der Waals surface area contributed by atoms with Gasteiger partial charge in [0.05, 0.1) is 11.4 Å². The van der Waals surface area contributed by atoms with Crippen molar-refractivity contribution >= 4 is 55.2 Å². The molecule has 6 nitrogen and oxygen atoms in total. The predicted octanol–water partition coefficient (Wildman–Crippen LogP) is 5.14. The molecule has 5 N–H and O–H groups in total. The van der Waals surface area contributed by atoms with Gasteiger partial charge in [0.25, 0.3) is 0 Å². The summed E-state index contributed by atoms with van der Waals surface area (Å²) in [5.74, 6) is 0.365. The van der Waals surface area contributed by atoms with Gasteiger partial charge in [-0.3, -0.25) is 0 Å². The number of carbonyl (C=O) groups is 1. The van der Waals surface area contributed by atoms with Crippen LogP contribution in [0.25, 0.3) is 11.3 Å². The minimum Gasteiger partial charge on any atom is -0.369 e. The van der Waals surface area contributed by atoms with Crippen LogP contribution in [0.3, 0.4) is 0 Å². The van der Waals surface area contributed by atoms with E-state index in [2.05, 4.69) is 52.5 Å². The molecule has 3 rings (SSSR count). The summed E-state index contributed by atoms with van der Waals surface area (Å²) in [5.41, 5.74) is 9.56. The summed E-state index contributed by atoms with van der Waals surface area (Å²) < 4.78 is 1.73. The first-order valence-corrected chi connectivity index (χ1v) is 8.96. The number of hydrogen-bond donors (Lipinski definition) is 4. The van der Waals surface area contributed by atoms with Crippen molar-refractivity contribution in [3.05, 3.63) is 57.1 Å². The minimum absolute atomic E-state index is 0.331. The van der Waals surface area contributed by atoms with E-state index in [-0.39, 0.29) is 6.03 Å². The summed E-state index contributed by atoms with van der Waals surface area (Å²) in [7, 11) is 0. The maximum absolute atomic E-state index is 12.2. The minimum atomic E-state index is -0.331. The molecule has 0 saturated heterocycles. The molecule has 3 aromatic rings. The van der Waals surface area contributed by atoms with E-state index in [9.17, 15) is 4.79 Å². The number of nitrogen functional groups attached to an aromatic ring is 1. The number of aromatic nitrogens is 2. The Kier molecular flexibility index (Phi) is 5.10. The second-order valence-corrected chi connectivity index (χ2v) is 7.23. The fourth-order valence-electron chi connectivity index (χ4n) is 2.44. The zero-order valence-electron chi connectivity index (χ0n) is 13.2. The third kappa shape index (κ3) is 4.40. The zero-order valence-corrected chi connectivity index (χ0v) is 16.4. The number of nitrogens with one attached hydrogen (secondary N) is 3. The van der Waals surface area contributed by atoms with E-state index in [0.717, 1.165) is 25.9 Å². The van der Waals surface area contributed by atoms with Crippen LogP contribution in [0.2, 0.25) is 0 Å². The van der Waals surface area contributed by atoms with Crippen molar-refractivity contribution in [3.8, 4) is 11.3 Å². The molecule has 8 heteroatoms. The molecule has 0 unspecified atom stereocenters. The monoisotopic (exact) mass is 463 g/mol. The van der Waals surface area contributed by atoms with Crippen molar-refractivity contribution in [3.63, 3.8) is 0 Å². The zero-order chi connectivity index (χ0) is 18.0. The van der Waals surface area contributed by atoms with Crippen LogP contribution in [-0.4, -0.2) is 16.0 Å². The van der Waals surface area contributed by atoms with E-state index < -0.39 is 0 Å². The van der Waals surface area contributed by atoms with Crippen molar-refractivity contribution in [2.45, 2.75) is 6.92 Å². The smallest absolute Gasteiger partial charge is 0.323 e. The van der Waals surface area contributed by atoms with Gasteiger partial charge in [0.2, 0.25) is 0 Å². The van der Waals surface area contributed by atoms with Gasteiger partial charge in [-0.1, -0.05) is 44.0 Å². The molecule has 1 heterocycles. The van der Waals surface area contributed by atoms with Crippen LogP contribution >= 0.6 is 31.9 Å². The van der Waals surface area contributed by atoms with Crippen molar-refractivity contribution in [2.75, 3.05) is 16.4 Å². The number of carbonyl (C=O) groups excluding carboxylic acids is 1. The lowest BCUT2D eigenvalue weighted by Gasteiger charge is -2.10. The van der Waals surface area contributed by atoms with Crippen LogP contribution in [0, 0.1) is 6.92 Å². The van der Waals surface area contributed by atoms with Crippen molar-refractivity contribution < 1.29 is 4.79 Å². The molecule has 1 aromatic heterocycles. The number of anilines is 3. The van der Waals surface area contributed by atoms with Gasteiger partial charge in [-0.25, -0.2) is 9.78 Å². The fourth-order valence-corrected chi connectivity index (χ4v) is 3.73. The number of urea groups is 1. The van der Waals surface area contributed by atoms with Gasteiger partial charge in [-0.2, -0.15) is 0 Å². The summed E-state index contributed by atoms with van der Waals surface area (Å²) in [6.07, 6.45) is 0. The molecule has 0 atom stereocenters. The normalized spacial score (nSPS) is 10.5. The number of aryl methyl sites for hydroxylation is 1. The summed E-state index contributed by atoms with van der Waals surface area (Å²) in [5, 5.41) is 5.62. The average molecular weight is 465 g/mol. The van der Waals surface area contributed by atoms with E-state index in [4.69, 9.17) is 5.73 Å². The summed E-state index contributed by atoms with van der Waals surface area (Å²) in [4.78, 5) is 19.4. The number of amides is 2. The van der Waals surface area contributed by atoms with Crippen LogP contribution < -0.4 is 16.4 Å². The van der Waals surface area contributed by atoms with Crippen LogP contribution in [-0.2, 0) is 0 Å². The topological polar surface area (TPSA) is 95.8 Å². The highest BCUT2D eigenvalue weighted by molar-refractivity contribution is 9.11. The molecular weight excluding hydrogens is 450 g/mol. The summed E-state index contributed by atoms with van der Waals surface area (Å²) in [6, 6.07) is 12.7. The molecule has 0 aliphatic carbocycles. The van der Waals surface area contributed by atoms with Crippen LogP contribution in [0.5, 0.6) is 0 Å². The fraction of sp³-hybridized carbons (Fsp3) is 0.0588. The number of aromatic amines is 1. The summed E-state index contributed by atoms with van der Waals surface area (Å²) >= 11 is 6.79. The lowest BCUT2D eigenvalue weighted by Crippen LogP contribution is -2.19. The summed E-state index contributed by atoms with van der Waals surface area (Å²) in [6.45, 7) is 1.88. The number of rotatable bonds is 3. The molecule has 2 aromatic carbocycles. The SMILES string of the molecule is Cc1nc(N)[nH]c1-c1cccc(NC(=O)Nc2cc(Br)cc(Br)c2)c1. The number of benzene rings is 2. The van der Waals surface area contributed by atoms with Gasteiger partial charge in [-0.05, 0) is 37.3 Å². The van der Waals surface area contributed by atoms with E-state index in [1.807, 2.05) is 49.4 Å². The predicted molar refractivity (Wildman–Crippen MR) is 108 cm³/mol. The highest BCUT2D eigenvalue weighted by Gasteiger charge is 2.09. The van der Waals surface area contributed by atoms with Gasteiger partial charge in [0.15, 0.2) is 5.95 Å². The maximum atomic E-state index is 12.2. The number of imidazole rings is 1. The van der Waals surface area contributed by atoms with Crippen molar-refractivity contribution in [1.82, 2.24) is 9.97 Å². The lowest BCUT2D eigenvalue weighted by molar-refractivity contribution is 0.262. The molecule has 128 valence electrons. The molecule has 0 bridgehead atoms. The first kappa shape index (κ1) is 17.5. The maximum Gasteiger partial charge on any atom is 0.323 e. The number of halogens is 2. The van der Waals surface area contributed by atoms with Crippen LogP contribution in [0.1, 0.15) is 5.69 Å². The Morgan fingerprint density at radius 2 is 1.76 bits per heavy atom.